The maximum atomic E-state index is 2.60. The van der Waals surface area contributed by atoms with Crippen LogP contribution in [-0.2, 0) is 6.16 Å². The van der Waals surface area contributed by atoms with Gasteiger partial charge in [-0.15, -0.1) is 0 Å². The quantitative estimate of drug-likeness (QED) is 0.421. The molecule has 0 bridgehead atoms. The van der Waals surface area contributed by atoms with Crippen molar-refractivity contribution in [3.63, 3.8) is 0 Å². The van der Waals surface area contributed by atoms with E-state index in [1.54, 1.807) is 15.9 Å². The zero-order chi connectivity index (χ0) is 19.1. The van der Waals surface area contributed by atoms with Crippen LogP contribution in [0.3, 0.4) is 0 Å². The van der Waals surface area contributed by atoms with E-state index in [0.717, 1.165) is 0 Å². The molecule has 0 atom stereocenters. The molecule has 0 radical (unpaired) electrons. The van der Waals surface area contributed by atoms with Crippen LogP contribution in [0.25, 0.3) is 0 Å². The van der Waals surface area contributed by atoms with Crippen LogP contribution in [0.5, 0.6) is 0 Å². The summed E-state index contributed by atoms with van der Waals surface area (Å²) >= 11 is 0. The fourth-order valence-electron chi connectivity index (χ4n) is 3.63. The number of hydrogen-bond donors (Lipinski definition) is 0. The zero-order valence-corrected chi connectivity index (χ0v) is 21.3. The van der Waals surface area contributed by atoms with Crippen LogP contribution in [0.15, 0.2) is 18.2 Å². The second-order valence-corrected chi connectivity index (χ2v) is 25.2. The topological polar surface area (TPSA) is 0 Å². The first-order chi connectivity index (χ1) is 10.4. The van der Waals surface area contributed by atoms with Gasteiger partial charge in [-0.3, -0.25) is 0 Å². The molecule has 0 aliphatic heterocycles. The molecule has 0 nitrogen and oxygen atoms in total. The molecule has 0 aliphatic carbocycles. The molecule has 0 fully saturated rings. The Hall–Kier alpha value is 0.0838. The zero-order valence-electron chi connectivity index (χ0n) is 18.4. The molecule has 0 amide bonds. The van der Waals surface area contributed by atoms with E-state index in [1.165, 1.54) is 6.16 Å². The third-order valence-electron chi connectivity index (χ3n) is 4.66. The number of benzene rings is 1. The Kier molecular flexibility index (Phi) is 6.46. The van der Waals surface area contributed by atoms with Gasteiger partial charge in [0.2, 0.25) is 0 Å². The molecule has 0 heterocycles. The maximum absolute atomic E-state index is 2.60. The smallest absolute Gasteiger partial charge is 0.0774 e. The van der Waals surface area contributed by atoms with Crippen LogP contribution in [0.1, 0.15) is 47.1 Å². The molecule has 1 aromatic carbocycles. The fourth-order valence-corrected chi connectivity index (χ4v) is 12.4. The summed E-state index contributed by atoms with van der Waals surface area (Å²) in [6, 6.07) is 7.55. The van der Waals surface area contributed by atoms with Gasteiger partial charge in [-0.25, -0.2) is 0 Å². The molecule has 0 spiro atoms. The van der Waals surface area contributed by atoms with Crippen molar-refractivity contribution in [2.24, 2.45) is 0 Å². The molecule has 1 aromatic rings. The average Bonchev–Trinajstić information content (AvgIpc) is 2.30. The van der Waals surface area contributed by atoms with Gasteiger partial charge in [-0.05, 0) is 22.0 Å². The molecule has 0 saturated heterocycles. The minimum absolute atomic E-state index is 0.0782. The average molecular weight is 381 g/mol. The van der Waals surface area contributed by atoms with Gasteiger partial charge >= 0.3 is 0 Å². The maximum Gasteiger partial charge on any atom is 0.0774 e. The summed E-state index contributed by atoms with van der Waals surface area (Å²) < 4.78 is 0. The lowest BCUT2D eigenvalue weighted by molar-refractivity contribution is 0.703. The minimum atomic E-state index is -1.32. The van der Waals surface area contributed by atoms with Crippen molar-refractivity contribution in [3.8, 4) is 0 Å². The van der Waals surface area contributed by atoms with Crippen LogP contribution in [-0.4, -0.2) is 26.5 Å². The van der Waals surface area contributed by atoms with Crippen molar-refractivity contribution in [1.29, 1.82) is 0 Å². The highest BCUT2D eigenvalue weighted by Gasteiger charge is 2.35. The van der Waals surface area contributed by atoms with Gasteiger partial charge < -0.3 is 0 Å². The molecule has 0 N–H and O–H groups in total. The summed E-state index contributed by atoms with van der Waals surface area (Å²) in [5, 5.41) is 4.20. The number of hydrogen-bond acceptors (Lipinski definition) is 0. The summed E-state index contributed by atoms with van der Waals surface area (Å²) in [5.41, 5.74) is 1.57. The van der Waals surface area contributed by atoms with Gasteiger partial charge in [0, 0.05) is 0 Å². The highest BCUT2D eigenvalue weighted by Crippen LogP contribution is 2.61. The largest absolute Gasteiger partial charge is 0.0911 e. The van der Waals surface area contributed by atoms with E-state index in [4.69, 9.17) is 0 Å². The Morgan fingerprint density at radius 3 is 1.46 bits per heavy atom. The van der Waals surface area contributed by atoms with E-state index in [-0.39, 0.29) is 7.92 Å². The summed E-state index contributed by atoms with van der Waals surface area (Å²) in [7, 11) is -2.68. The molecule has 138 valence electrons. The van der Waals surface area contributed by atoms with Crippen molar-refractivity contribution in [2.75, 3.05) is 0 Å². The van der Waals surface area contributed by atoms with Gasteiger partial charge in [0.1, 0.15) is 0 Å². The van der Waals surface area contributed by atoms with Gasteiger partial charge in [0.05, 0.1) is 16.1 Å². The SMILES string of the molecule is CC(C)(C)P(Cc1ccc([Si](C)(C)C)c([Si](C)(C)C)c1)C(C)(C)C. The van der Waals surface area contributed by atoms with E-state index in [2.05, 4.69) is 99.0 Å². The summed E-state index contributed by atoms with van der Waals surface area (Å²) in [6.45, 7) is 29.6. The predicted octanol–water partition coefficient (Wildman–Crippen LogP) is 6.36. The van der Waals surface area contributed by atoms with Crippen molar-refractivity contribution in [3.05, 3.63) is 23.8 Å². The molecule has 3 heteroatoms. The highest BCUT2D eigenvalue weighted by molar-refractivity contribution is 7.60. The van der Waals surface area contributed by atoms with Crippen molar-refractivity contribution in [2.45, 2.75) is 97.3 Å². The lowest BCUT2D eigenvalue weighted by Gasteiger charge is -2.42. The van der Waals surface area contributed by atoms with Gasteiger partial charge in [-0.2, -0.15) is 0 Å². The second-order valence-electron chi connectivity index (χ2n) is 11.3. The van der Waals surface area contributed by atoms with Crippen LogP contribution in [0.2, 0.25) is 39.3 Å². The van der Waals surface area contributed by atoms with E-state index in [0.29, 0.717) is 10.3 Å². The lowest BCUT2D eigenvalue weighted by atomic mass is 10.2. The Balaban J connectivity index is 3.37. The Labute approximate surface area is 155 Å². The molecule has 0 aliphatic rings. The highest BCUT2D eigenvalue weighted by atomic mass is 31.1. The number of rotatable bonds is 4. The fraction of sp³-hybridized carbons (Fsp3) is 0.714. The molecule has 0 aromatic heterocycles. The predicted molar refractivity (Wildman–Crippen MR) is 123 cm³/mol. The van der Waals surface area contributed by atoms with Crippen molar-refractivity contribution in [1.82, 2.24) is 0 Å². The molecule has 0 unspecified atom stereocenters. The van der Waals surface area contributed by atoms with Crippen molar-refractivity contribution >= 4 is 34.4 Å². The summed E-state index contributed by atoms with van der Waals surface area (Å²) in [6.07, 6.45) is 1.26. The first-order valence-electron chi connectivity index (χ1n) is 9.36. The first-order valence-corrected chi connectivity index (χ1v) is 17.9. The monoisotopic (exact) mass is 380 g/mol. The van der Waals surface area contributed by atoms with Crippen LogP contribution >= 0.6 is 7.92 Å². The molecule has 24 heavy (non-hydrogen) atoms. The third-order valence-corrected chi connectivity index (χ3v) is 12.9. The van der Waals surface area contributed by atoms with E-state index in [9.17, 15) is 0 Å². The molecular formula is C21H41PSi2. The second kappa shape index (κ2) is 7.01. The van der Waals surface area contributed by atoms with Crippen LogP contribution in [0, 0.1) is 0 Å². The van der Waals surface area contributed by atoms with Crippen LogP contribution in [0.4, 0.5) is 0 Å². The standard InChI is InChI=1S/C21H41PSi2/c1-20(2,3)22(21(4,5)6)16-17-13-14-18(23(7,8)9)19(15-17)24(10,11)12/h13-15H,16H2,1-12H3. The molecular weight excluding hydrogens is 339 g/mol. The summed E-state index contributed by atoms with van der Waals surface area (Å²) in [4.78, 5) is 0. The first kappa shape index (κ1) is 22.1. The normalized spacial score (nSPS) is 14.4. The molecule has 1 rings (SSSR count). The summed E-state index contributed by atoms with van der Waals surface area (Å²) in [5.74, 6) is 0. The van der Waals surface area contributed by atoms with Gasteiger partial charge in [0.15, 0.2) is 0 Å². The van der Waals surface area contributed by atoms with Gasteiger partial charge in [0.25, 0.3) is 0 Å². The Morgan fingerprint density at radius 1 is 0.708 bits per heavy atom. The Bertz CT molecular complexity index is 549. The van der Waals surface area contributed by atoms with E-state index >= 15 is 0 Å². The van der Waals surface area contributed by atoms with Crippen LogP contribution < -0.4 is 10.4 Å². The van der Waals surface area contributed by atoms with E-state index < -0.39 is 16.1 Å². The van der Waals surface area contributed by atoms with E-state index in [1.807, 2.05) is 0 Å². The van der Waals surface area contributed by atoms with Gasteiger partial charge in [-0.1, -0.05) is 117 Å². The Morgan fingerprint density at radius 2 is 1.12 bits per heavy atom. The minimum Gasteiger partial charge on any atom is -0.0911 e. The molecule has 0 saturated carbocycles. The third kappa shape index (κ3) is 5.82. The van der Waals surface area contributed by atoms with Crippen molar-refractivity contribution < 1.29 is 0 Å². The lowest BCUT2D eigenvalue weighted by Crippen LogP contribution is -2.56.